The van der Waals surface area contributed by atoms with Gasteiger partial charge in [0.05, 0.1) is 0 Å². The summed E-state index contributed by atoms with van der Waals surface area (Å²) in [6.07, 6.45) is 4.37. The first-order valence-corrected chi connectivity index (χ1v) is 8.71. The third-order valence-corrected chi connectivity index (χ3v) is 5.70. The second-order valence-electron chi connectivity index (χ2n) is 7.11. The Labute approximate surface area is 144 Å². The summed E-state index contributed by atoms with van der Waals surface area (Å²) >= 11 is 0. The summed E-state index contributed by atoms with van der Waals surface area (Å²) in [7, 11) is 0. The molecule has 1 N–H and O–H groups in total. The van der Waals surface area contributed by atoms with Crippen LogP contribution in [0, 0.1) is 18.7 Å². The van der Waals surface area contributed by atoms with Crippen LogP contribution in [0.1, 0.15) is 48.2 Å². The number of carbonyl (C=O) groups excluding carboxylic acids is 1. The number of hydrogen-bond donors (Lipinski definition) is 1. The summed E-state index contributed by atoms with van der Waals surface area (Å²) < 4.78 is 19.2. The molecule has 5 nitrogen and oxygen atoms in total. The number of carboxylic acids is 1. The third kappa shape index (κ3) is 2.51. The fourth-order valence-electron chi connectivity index (χ4n) is 4.49. The number of rotatable bonds is 2. The number of aliphatic carboxylic acids is 1. The molecule has 3 atom stereocenters. The van der Waals surface area contributed by atoms with E-state index in [1.165, 1.54) is 23.1 Å². The summed E-state index contributed by atoms with van der Waals surface area (Å²) in [6.45, 7) is 1.71. The van der Waals surface area contributed by atoms with Crippen molar-refractivity contribution >= 4 is 22.8 Å². The molecular formula is C19H20FNO4. The van der Waals surface area contributed by atoms with Gasteiger partial charge in [0.25, 0.3) is 5.91 Å². The second kappa shape index (κ2) is 5.86. The van der Waals surface area contributed by atoms with E-state index >= 15 is 0 Å². The molecule has 0 spiro atoms. The Morgan fingerprint density at radius 2 is 2.04 bits per heavy atom. The third-order valence-electron chi connectivity index (χ3n) is 5.70. The van der Waals surface area contributed by atoms with Gasteiger partial charge in [-0.15, -0.1) is 0 Å². The molecule has 2 heterocycles. The Kier molecular flexibility index (Phi) is 3.78. The predicted molar refractivity (Wildman–Crippen MR) is 88.9 cm³/mol. The number of hydrogen-bond acceptors (Lipinski definition) is 3. The van der Waals surface area contributed by atoms with Gasteiger partial charge in [-0.1, -0.05) is 12.8 Å². The minimum absolute atomic E-state index is 0.0494. The molecule has 3 unspecified atom stereocenters. The molecule has 2 aliphatic rings. The number of halogens is 1. The Morgan fingerprint density at radius 1 is 1.28 bits per heavy atom. The zero-order chi connectivity index (χ0) is 17.7. The van der Waals surface area contributed by atoms with Crippen molar-refractivity contribution in [1.82, 2.24) is 4.90 Å². The summed E-state index contributed by atoms with van der Waals surface area (Å²) in [5, 5.41) is 10.1. The molecule has 4 rings (SSSR count). The van der Waals surface area contributed by atoms with E-state index in [1.54, 1.807) is 6.92 Å². The SMILES string of the molecule is Cc1c(C(=O)N2C(C(=O)O)CC3CCCCC32)oc2ccc(F)cc12. The molecule has 0 bridgehead atoms. The first-order chi connectivity index (χ1) is 12.0. The van der Waals surface area contributed by atoms with Crippen LogP contribution < -0.4 is 0 Å². The first kappa shape index (κ1) is 16.1. The maximum Gasteiger partial charge on any atom is 0.326 e. The molecule has 1 saturated carbocycles. The van der Waals surface area contributed by atoms with Gasteiger partial charge in [0, 0.05) is 17.0 Å². The van der Waals surface area contributed by atoms with Gasteiger partial charge in [0.2, 0.25) is 0 Å². The number of benzene rings is 1. The Hall–Kier alpha value is -2.37. The van der Waals surface area contributed by atoms with Crippen molar-refractivity contribution in [3.63, 3.8) is 0 Å². The van der Waals surface area contributed by atoms with Gasteiger partial charge < -0.3 is 14.4 Å². The molecule has 2 aromatic rings. The standard InChI is InChI=1S/C19H20FNO4/c1-10-13-9-12(20)6-7-16(13)25-17(10)18(22)21-14-5-3-2-4-11(14)8-15(21)19(23)24/h6-7,9,11,14-15H,2-5,8H2,1H3,(H,23,24). The van der Waals surface area contributed by atoms with Crippen molar-refractivity contribution in [3.05, 3.63) is 35.3 Å². The van der Waals surface area contributed by atoms with Crippen molar-refractivity contribution in [2.24, 2.45) is 5.92 Å². The highest BCUT2D eigenvalue weighted by molar-refractivity contribution is 6.00. The van der Waals surface area contributed by atoms with E-state index in [0.717, 1.165) is 25.7 Å². The largest absolute Gasteiger partial charge is 0.480 e. The Balaban J connectivity index is 1.76. The number of aryl methyl sites for hydroxylation is 1. The van der Waals surface area contributed by atoms with Crippen molar-refractivity contribution in [2.45, 2.75) is 51.1 Å². The van der Waals surface area contributed by atoms with E-state index in [2.05, 4.69) is 0 Å². The minimum atomic E-state index is -0.970. The monoisotopic (exact) mass is 345 g/mol. The summed E-state index contributed by atoms with van der Waals surface area (Å²) in [5.41, 5.74) is 0.997. The normalized spacial score (nSPS) is 26.0. The molecule has 132 valence electrons. The zero-order valence-corrected chi connectivity index (χ0v) is 14.0. The van der Waals surface area contributed by atoms with E-state index < -0.39 is 23.7 Å². The lowest BCUT2D eigenvalue weighted by molar-refractivity contribution is -0.141. The Bertz CT molecular complexity index is 858. The molecule has 6 heteroatoms. The first-order valence-electron chi connectivity index (χ1n) is 8.71. The molecule has 1 saturated heterocycles. The van der Waals surface area contributed by atoms with E-state index in [0.29, 0.717) is 23.0 Å². The number of likely N-dealkylation sites (tertiary alicyclic amines) is 1. The number of carboxylic acid groups (broad SMARTS) is 1. The minimum Gasteiger partial charge on any atom is -0.480 e. The number of furan rings is 1. The lowest BCUT2D eigenvalue weighted by Crippen LogP contribution is -2.46. The number of nitrogens with zero attached hydrogens (tertiary/aromatic N) is 1. The molecule has 1 aliphatic carbocycles. The van der Waals surface area contributed by atoms with Crippen LogP contribution >= 0.6 is 0 Å². The average molecular weight is 345 g/mol. The fraction of sp³-hybridized carbons (Fsp3) is 0.474. The van der Waals surface area contributed by atoms with Gasteiger partial charge in [-0.05, 0) is 50.3 Å². The van der Waals surface area contributed by atoms with Crippen molar-refractivity contribution in [1.29, 1.82) is 0 Å². The topological polar surface area (TPSA) is 70.8 Å². The van der Waals surface area contributed by atoms with E-state index in [4.69, 9.17) is 4.42 Å². The van der Waals surface area contributed by atoms with Crippen LogP contribution in [0.15, 0.2) is 22.6 Å². The average Bonchev–Trinajstić information content (AvgIpc) is 3.13. The summed E-state index contributed by atoms with van der Waals surface area (Å²) in [6, 6.07) is 3.26. The highest BCUT2D eigenvalue weighted by Gasteiger charge is 2.48. The smallest absolute Gasteiger partial charge is 0.326 e. The molecule has 2 fully saturated rings. The molecule has 1 aromatic carbocycles. The van der Waals surface area contributed by atoms with Gasteiger partial charge in [0.15, 0.2) is 5.76 Å². The van der Waals surface area contributed by atoms with Gasteiger partial charge in [0.1, 0.15) is 17.4 Å². The maximum absolute atomic E-state index is 13.5. The molecule has 1 amide bonds. The van der Waals surface area contributed by atoms with Gasteiger partial charge in [-0.3, -0.25) is 4.79 Å². The van der Waals surface area contributed by atoms with Crippen LogP contribution in [0.25, 0.3) is 11.0 Å². The molecule has 1 aliphatic heterocycles. The van der Waals surface area contributed by atoms with Crippen LogP contribution in [0.4, 0.5) is 4.39 Å². The lowest BCUT2D eigenvalue weighted by Gasteiger charge is -2.32. The van der Waals surface area contributed by atoms with E-state index in [9.17, 15) is 19.1 Å². The predicted octanol–water partition coefficient (Wildman–Crippen LogP) is 3.74. The van der Waals surface area contributed by atoms with Crippen molar-refractivity contribution < 1.29 is 23.5 Å². The molecular weight excluding hydrogens is 325 g/mol. The number of fused-ring (bicyclic) bond motifs is 2. The second-order valence-corrected chi connectivity index (χ2v) is 7.11. The highest BCUT2D eigenvalue weighted by Crippen LogP contribution is 2.41. The van der Waals surface area contributed by atoms with E-state index in [-0.39, 0.29) is 17.7 Å². The van der Waals surface area contributed by atoms with Crippen molar-refractivity contribution in [3.8, 4) is 0 Å². The fourth-order valence-corrected chi connectivity index (χ4v) is 4.49. The number of amides is 1. The number of carbonyl (C=O) groups is 2. The van der Waals surface area contributed by atoms with E-state index in [1.807, 2.05) is 0 Å². The molecule has 25 heavy (non-hydrogen) atoms. The molecule has 1 aromatic heterocycles. The lowest BCUT2D eigenvalue weighted by atomic mass is 9.84. The van der Waals surface area contributed by atoms with Crippen LogP contribution in [0.3, 0.4) is 0 Å². The van der Waals surface area contributed by atoms with Crippen LogP contribution in [0.5, 0.6) is 0 Å². The Morgan fingerprint density at radius 3 is 2.80 bits per heavy atom. The van der Waals surface area contributed by atoms with Gasteiger partial charge >= 0.3 is 5.97 Å². The van der Waals surface area contributed by atoms with Crippen LogP contribution in [-0.4, -0.2) is 34.0 Å². The van der Waals surface area contributed by atoms with Gasteiger partial charge in [-0.25, -0.2) is 9.18 Å². The zero-order valence-electron chi connectivity index (χ0n) is 14.0. The summed E-state index contributed by atoms with van der Waals surface area (Å²) in [5.74, 6) is -1.40. The molecule has 0 radical (unpaired) electrons. The summed E-state index contributed by atoms with van der Waals surface area (Å²) in [4.78, 5) is 26.4. The maximum atomic E-state index is 13.5. The quantitative estimate of drug-likeness (QED) is 0.900. The van der Waals surface area contributed by atoms with Crippen LogP contribution in [0.2, 0.25) is 0 Å². The van der Waals surface area contributed by atoms with Crippen LogP contribution in [-0.2, 0) is 4.79 Å². The van der Waals surface area contributed by atoms with Crippen molar-refractivity contribution in [2.75, 3.05) is 0 Å². The van der Waals surface area contributed by atoms with Gasteiger partial charge in [-0.2, -0.15) is 0 Å². The highest BCUT2D eigenvalue weighted by atomic mass is 19.1.